The number of hydrogen-bond acceptors (Lipinski definition) is 3. The fourth-order valence-corrected chi connectivity index (χ4v) is 1.71. The summed E-state index contributed by atoms with van der Waals surface area (Å²) in [5.41, 5.74) is 0.908. The smallest absolute Gasteiger partial charge is 0.305 e. The van der Waals surface area contributed by atoms with E-state index in [1.807, 2.05) is 6.08 Å². The van der Waals surface area contributed by atoms with Crippen LogP contribution in [0.1, 0.15) is 45.4 Å². The van der Waals surface area contributed by atoms with Crippen LogP contribution in [-0.4, -0.2) is 18.4 Å². The predicted molar refractivity (Wildman–Crippen MR) is 57.4 cm³/mol. The highest BCUT2D eigenvalue weighted by Gasteiger charge is 2.13. The van der Waals surface area contributed by atoms with Gasteiger partial charge in [0.1, 0.15) is 0 Å². The van der Waals surface area contributed by atoms with Gasteiger partial charge < -0.3 is 4.74 Å². The van der Waals surface area contributed by atoms with Gasteiger partial charge in [-0.25, -0.2) is 0 Å². The van der Waals surface area contributed by atoms with Crippen molar-refractivity contribution in [2.24, 2.45) is 0 Å². The zero-order valence-corrected chi connectivity index (χ0v) is 9.25. The Morgan fingerprint density at radius 3 is 3.00 bits per heavy atom. The van der Waals surface area contributed by atoms with Crippen LogP contribution >= 0.6 is 0 Å². The largest absolute Gasteiger partial charge is 0.466 e. The number of carbonyl (C=O) groups is 2. The molecule has 0 aromatic heterocycles. The van der Waals surface area contributed by atoms with Gasteiger partial charge in [0, 0.05) is 12.8 Å². The van der Waals surface area contributed by atoms with E-state index in [9.17, 15) is 9.59 Å². The summed E-state index contributed by atoms with van der Waals surface area (Å²) in [5, 5.41) is 0. The van der Waals surface area contributed by atoms with Gasteiger partial charge in [0.2, 0.25) is 0 Å². The van der Waals surface area contributed by atoms with Crippen molar-refractivity contribution < 1.29 is 14.3 Å². The number of rotatable bonds is 5. The number of allylic oxidation sites excluding steroid dienone is 2. The Morgan fingerprint density at radius 1 is 1.53 bits per heavy atom. The lowest BCUT2D eigenvalue weighted by molar-refractivity contribution is -0.143. The maximum Gasteiger partial charge on any atom is 0.305 e. The predicted octanol–water partition coefficient (Wildman–Crippen LogP) is 2.40. The van der Waals surface area contributed by atoms with Gasteiger partial charge in [0.25, 0.3) is 0 Å². The summed E-state index contributed by atoms with van der Waals surface area (Å²) in [6.45, 7) is 2.23. The lowest BCUT2D eigenvalue weighted by Crippen LogP contribution is -2.08. The molecule has 1 rings (SSSR count). The van der Waals surface area contributed by atoms with Crippen LogP contribution in [0.25, 0.3) is 0 Å². The number of Topliss-reactive ketones (excluding diaryl/α,β-unsaturated/α-hetero) is 1. The third-order valence-corrected chi connectivity index (χ3v) is 2.49. The molecule has 0 radical (unpaired) electrons. The van der Waals surface area contributed by atoms with Crippen LogP contribution < -0.4 is 0 Å². The number of ether oxygens (including phenoxy) is 1. The average Bonchev–Trinajstić information content (AvgIpc) is 2.21. The molecule has 0 saturated carbocycles. The molecule has 0 fully saturated rings. The molecular weight excluding hydrogens is 192 g/mol. The zero-order valence-electron chi connectivity index (χ0n) is 9.25. The highest BCUT2D eigenvalue weighted by molar-refractivity contribution is 5.95. The van der Waals surface area contributed by atoms with Crippen molar-refractivity contribution in [3.63, 3.8) is 0 Å². The Balaban J connectivity index is 2.22. The Labute approximate surface area is 90.5 Å². The van der Waals surface area contributed by atoms with E-state index in [2.05, 4.69) is 0 Å². The molecule has 0 aromatic rings. The van der Waals surface area contributed by atoms with Gasteiger partial charge in [-0.1, -0.05) is 6.08 Å². The number of esters is 1. The second-order valence-electron chi connectivity index (χ2n) is 3.70. The molecular formula is C12H18O3. The van der Waals surface area contributed by atoms with Crippen LogP contribution in [0.15, 0.2) is 11.6 Å². The molecule has 0 bridgehead atoms. The summed E-state index contributed by atoms with van der Waals surface area (Å²) in [4.78, 5) is 22.5. The van der Waals surface area contributed by atoms with E-state index < -0.39 is 0 Å². The highest BCUT2D eigenvalue weighted by atomic mass is 16.5. The normalized spacial score (nSPS) is 16.1. The minimum Gasteiger partial charge on any atom is -0.466 e. The van der Waals surface area contributed by atoms with Gasteiger partial charge in [0.05, 0.1) is 6.61 Å². The standard InChI is InChI=1S/C12H18O3/c1-2-15-12(14)9-5-7-10-6-3-4-8-11(10)13/h6H,2-5,7-9H2,1H3. The molecule has 3 nitrogen and oxygen atoms in total. The minimum absolute atomic E-state index is 0.165. The minimum atomic E-state index is -0.165. The van der Waals surface area contributed by atoms with E-state index in [4.69, 9.17) is 4.74 Å². The topological polar surface area (TPSA) is 43.4 Å². The van der Waals surface area contributed by atoms with Crippen LogP contribution in [-0.2, 0) is 14.3 Å². The van der Waals surface area contributed by atoms with Crippen molar-refractivity contribution in [3.8, 4) is 0 Å². The summed E-state index contributed by atoms with van der Waals surface area (Å²) in [7, 11) is 0. The lowest BCUT2D eigenvalue weighted by Gasteiger charge is -2.10. The first kappa shape index (κ1) is 12.0. The van der Waals surface area contributed by atoms with Crippen molar-refractivity contribution in [2.45, 2.75) is 45.4 Å². The molecule has 0 atom stereocenters. The van der Waals surface area contributed by atoms with Gasteiger partial charge >= 0.3 is 5.97 Å². The second-order valence-corrected chi connectivity index (χ2v) is 3.70. The molecule has 0 amide bonds. The SMILES string of the molecule is CCOC(=O)CCCC1=CCCCC1=O. The van der Waals surface area contributed by atoms with Crippen LogP contribution in [0.4, 0.5) is 0 Å². The van der Waals surface area contributed by atoms with Gasteiger partial charge in [-0.15, -0.1) is 0 Å². The van der Waals surface area contributed by atoms with Crippen molar-refractivity contribution in [1.82, 2.24) is 0 Å². The highest BCUT2D eigenvalue weighted by Crippen LogP contribution is 2.18. The van der Waals surface area contributed by atoms with E-state index in [1.54, 1.807) is 6.92 Å². The number of hydrogen-bond donors (Lipinski definition) is 0. The molecule has 0 unspecified atom stereocenters. The molecule has 0 spiro atoms. The molecule has 0 heterocycles. The maximum absolute atomic E-state index is 11.4. The molecule has 0 N–H and O–H groups in total. The van der Waals surface area contributed by atoms with Gasteiger partial charge in [-0.2, -0.15) is 0 Å². The van der Waals surface area contributed by atoms with Crippen molar-refractivity contribution in [3.05, 3.63) is 11.6 Å². The third-order valence-electron chi connectivity index (χ3n) is 2.49. The van der Waals surface area contributed by atoms with Crippen molar-refractivity contribution in [1.29, 1.82) is 0 Å². The Kier molecular flexibility index (Phi) is 5.08. The first-order valence-electron chi connectivity index (χ1n) is 5.62. The summed E-state index contributed by atoms with van der Waals surface area (Å²) < 4.78 is 4.81. The van der Waals surface area contributed by atoms with E-state index >= 15 is 0 Å². The van der Waals surface area contributed by atoms with Crippen LogP contribution in [0, 0.1) is 0 Å². The number of carbonyl (C=O) groups excluding carboxylic acids is 2. The van der Waals surface area contributed by atoms with E-state index in [-0.39, 0.29) is 11.8 Å². The number of ketones is 1. The van der Waals surface area contributed by atoms with E-state index in [1.165, 1.54) is 0 Å². The quantitative estimate of drug-likeness (QED) is 0.654. The molecule has 1 aliphatic carbocycles. The summed E-state index contributed by atoms with van der Waals surface area (Å²) in [6.07, 6.45) is 6.51. The van der Waals surface area contributed by atoms with E-state index in [0.717, 1.165) is 31.3 Å². The Morgan fingerprint density at radius 2 is 2.33 bits per heavy atom. The summed E-state index contributed by atoms with van der Waals surface area (Å²) in [6, 6.07) is 0. The lowest BCUT2D eigenvalue weighted by atomic mass is 9.94. The Bertz CT molecular complexity index is 266. The third kappa shape index (κ3) is 4.28. The van der Waals surface area contributed by atoms with Gasteiger partial charge in [0.15, 0.2) is 5.78 Å². The first-order valence-corrected chi connectivity index (χ1v) is 5.62. The van der Waals surface area contributed by atoms with Crippen molar-refractivity contribution >= 4 is 11.8 Å². The van der Waals surface area contributed by atoms with Gasteiger partial charge in [-0.05, 0) is 38.2 Å². The maximum atomic E-state index is 11.4. The van der Waals surface area contributed by atoms with Crippen LogP contribution in [0.2, 0.25) is 0 Å². The molecule has 0 aliphatic heterocycles. The first-order chi connectivity index (χ1) is 7.24. The molecule has 0 saturated heterocycles. The van der Waals surface area contributed by atoms with Gasteiger partial charge in [-0.3, -0.25) is 9.59 Å². The Hall–Kier alpha value is -1.12. The second kappa shape index (κ2) is 6.38. The monoisotopic (exact) mass is 210 g/mol. The fraction of sp³-hybridized carbons (Fsp3) is 0.667. The molecule has 0 aromatic carbocycles. The molecule has 84 valence electrons. The van der Waals surface area contributed by atoms with Crippen LogP contribution in [0.5, 0.6) is 0 Å². The summed E-state index contributed by atoms with van der Waals surface area (Å²) in [5.74, 6) is 0.0893. The van der Waals surface area contributed by atoms with Crippen LogP contribution in [0.3, 0.4) is 0 Å². The average molecular weight is 210 g/mol. The molecule has 1 aliphatic rings. The molecule has 3 heteroatoms. The zero-order chi connectivity index (χ0) is 11.1. The van der Waals surface area contributed by atoms with Crippen molar-refractivity contribution in [2.75, 3.05) is 6.61 Å². The summed E-state index contributed by atoms with van der Waals surface area (Å²) >= 11 is 0. The fourth-order valence-electron chi connectivity index (χ4n) is 1.71. The van der Waals surface area contributed by atoms with E-state index in [0.29, 0.717) is 19.4 Å². The molecule has 15 heavy (non-hydrogen) atoms.